The number of amides is 2. The molecule has 10 heteroatoms. The van der Waals surface area contributed by atoms with Crippen molar-refractivity contribution in [3.63, 3.8) is 0 Å². The van der Waals surface area contributed by atoms with E-state index >= 15 is 0 Å². The van der Waals surface area contributed by atoms with Gasteiger partial charge >= 0.3 is 0 Å². The van der Waals surface area contributed by atoms with Gasteiger partial charge in [0.05, 0.1) is 23.0 Å². The highest BCUT2D eigenvalue weighted by Crippen LogP contribution is 2.31. The number of rotatable bonds is 7. The Morgan fingerprint density at radius 2 is 1.54 bits per heavy atom. The first kappa shape index (κ1) is 23.7. The second-order valence-corrected chi connectivity index (χ2v) is 8.49. The number of hydrogen-bond donors (Lipinski definition) is 5. The first-order chi connectivity index (χ1) is 17.9. The molecule has 2 amide bonds. The molecule has 186 valence electrons. The maximum atomic E-state index is 13.4. The number of anilines is 1. The van der Waals surface area contributed by atoms with E-state index in [0.717, 1.165) is 27.7 Å². The highest BCUT2D eigenvalue weighted by molar-refractivity contribution is 6.02. The summed E-state index contributed by atoms with van der Waals surface area (Å²) in [6, 6.07) is 18.4. The van der Waals surface area contributed by atoms with E-state index in [1.165, 1.54) is 24.3 Å². The molecule has 0 bridgehead atoms. The molecule has 0 spiro atoms. The Labute approximate surface area is 208 Å². The summed E-state index contributed by atoms with van der Waals surface area (Å²) in [4.78, 5) is 52.5. The molecule has 0 unspecified atom stereocenters. The predicted octanol–water partition coefficient (Wildman–Crippen LogP) is 3.19. The Bertz CT molecular complexity index is 1750. The number of halogens is 1. The SMILES string of the molecule is O=C(CCc1c(-c2ccc(F)cc2)[nH]c2ccccc12)NCC(=O)Nc1cccc2c(=O)[nH][nH]c(=O)c12. The van der Waals surface area contributed by atoms with Crippen LogP contribution in [0.4, 0.5) is 10.1 Å². The van der Waals surface area contributed by atoms with Crippen molar-refractivity contribution in [1.82, 2.24) is 20.5 Å². The Morgan fingerprint density at radius 3 is 2.35 bits per heavy atom. The minimum atomic E-state index is -0.551. The molecule has 0 aliphatic heterocycles. The normalized spacial score (nSPS) is 11.1. The molecule has 0 aliphatic rings. The molecular formula is C27H22FN5O4. The zero-order chi connectivity index (χ0) is 25.9. The van der Waals surface area contributed by atoms with E-state index < -0.39 is 17.0 Å². The second-order valence-electron chi connectivity index (χ2n) is 8.49. The third-order valence-electron chi connectivity index (χ3n) is 6.09. The number of nitrogens with one attached hydrogen (secondary N) is 5. The van der Waals surface area contributed by atoms with E-state index in [-0.39, 0.29) is 41.1 Å². The Morgan fingerprint density at radius 1 is 0.811 bits per heavy atom. The number of aromatic amines is 3. The van der Waals surface area contributed by atoms with Gasteiger partial charge in [-0.25, -0.2) is 4.39 Å². The number of carbonyl (C=O) groups is 2. The number of carbonyl (C=O) groups excluding carboxylic acids is 2. The lowest BCUT2D eigenvalue weighted by Crippen LogP contribution is -2.33. The summed E-state index contributed by atoms with van der Waals surface area (Å²) in [6.45, 7) is -0.310. The van der Waals surface area contributed by atoms with Crippen LogP contribution in [0.5, 0.6) is 0 Å². The van der Waals surface area contributed by atoms with Crippen LogP contribution in [-0.4, -0.2) is 33.5 Å². The molecule has 0 aliphatic carbocycles. The second kappa shape index (κ2) is 9.94. The summed E-state index contributed by atoms with van der Waals surface area (Å²) in [7, 11) is 0. The van der Waals surface area contributed by atoms with Gasteiger partial charge in [-0.2, -0.15) is 0 Å². The number of fused-ring (bicyclic) bond motifs is 2. The van der Waals surface area contributed by atoms with Gasteiger partial charge < -0.3 is 15.6 Å². The summed E-state index contributed by atoms with van der Waals surface area (Å²) in [5, 5.41) is 10.8. The summed E-state index contributed by atoms with van der Waals surface area (Å²) < 4.78 is 13.4. The Kier molecular flexibility index (Phi) is 6.38. The fraction of sp³-hybridized carbons (Fsp3) is 0.111. The number of aromatic nitrogens is 3. The van der Waals surface area contributed by atoms with Crippen LogP contribution in [0.2, 0.25) is 0 Å². The van der Waals surface area contributed by atoms with Gasteiger partial charge in [0.15, 0.2) is 0 Å². The van der Waals surface area contributed by atoms with Gasteiger partial charge in [-0.3, -0.25) is 29.4 Å². The minimum absolute atomic E-state index is 0.0542. The molecular weight excluding hydrogens is 477 g/mol. The molecule has 0 radical (unpaired) electrons. The van der Waals surface area contributed by atoms with E-state index in [2.05, 4.69) is 25.8 Å². The van der Waals surface area contributed by atoms with Crippen molar-refractivity contribution in [2.24, 2.45) is 0 Å². The van der Waals surface area contributed by atoms with Gasteiger partial charge in [0.1, 0.15) is 5.82 Å². The molecule has 0 atom stereocenters. The van der Waals surface area contributed by atoms with Crippen molar-refractivity contribution >= 4 is 39.2 Å². The molecule has 9 nitrogen and oxygen atoms in total. The van der Waals surface area contributed by atoms with Gasteiger partial charge in [-0.15, -0.1) is 0 Å². The molecule has 3 aromatic carbocycles. The molecule has 2 heterocycles. The van der Waals surface area contributed by atoms with Crippen LogP contribution in [0.3, 0.4) is 0 Å². The molecule has 5 N–H and O–H groups in total. The van der Waals surface area contributed by atoms with E-state index in [1.54, 1.807) is 18.2 Å². The van der Waals surface area contributed by atoms with Crippen molar-refractivity contribution in [2.45, 2.75) is 12.8 Å². The smallest absolute Gasteiger partial charge is 0.272 e. The maximum Gasteiger partial charge on any atom is 0.272 e. The monoisotopic (exact) mass is 499 g/mol. The lowest BCUT2D eigenvalue weighted by Gasteiger charge is -2.09. The van der Waals surface area contributed by atoms with E-state index in [0.29, 0.717) is 6.42 Å². The van der Waals surface area contributed by atoms with Crippen LogP contribution in [0.25, 0.3) is 32.9 Å². The van der Waals surface area contributed by atoms with Crippen LogP contribution in [0.1, 0.15) is 12.0 Å². The predicted molar refractivity (Wildman–Crippen MR) is 139 cm³/mol. The number of hydrogen-bond acceptors (Lipinski definition) is 4. The van der Waals surface area contributed by atoms with Crippen LogP contribution in [0.15, 0.2) is 76.3 Å². The first-order valence-electron chi connectivity index (χ1n) is 11.6. The lowest BCUT2D eigenvalue weighted by atomic mass is 10.0. The topological polar surface area (TPSA) is 140 Å². The van der Waals surface area contributed by atoms with Crippen molar-refractivity contribution in [3.8, 4) is 11.3 Å². The fourth-order valence-electron chi connectivity index (χ4n) is 4.36. The van der Waals surface area contributed by atoms with Gasteiger partial charge in [-0.05, 0) is 60.0 Å². The molecule has 5 aromatic rings. The van der Waals surface area contributed by atoms with E-state index in [4.69, 9.17) is 0 Å². The standard InChI is InChI=1S/C27H22FN5O4/c28-16-10-8-15(9-11-16)25-18(17-4-1-2-6-20(17)31-25)12-13-22(34)29-14-23(35)30-21-7-3-5-19-24(21)27(37)33-32-26(19)36/h1-11,31H,12-14H2,(H,29,34)(H,30,35)(H,32,36)(H,33,37). The van der Waals surface area contributed by atoms with Gasteiger partial charge in [0.25, 0.3) is 11.1 Å². The first-order valence-corrected chi connectivity index (χ1v) is 11.6. The summed E-state index contributed by atoms with van der Waals surface area (Å²) in [6.07, 6.45) is 0.512. The van der Waals surface area contributed by atoms with Crippen LogP contribution in [0, 0.1) is 5.82 Å². The lowest BCUT2D eigenvalue weighted by molar-refractivity contribution is -0.124. The molecule has 37 heavy (non-hydrogen) atoms. The van der Waals surface area contributed by atoms with Crippen LogP contribution >= 0.6 is 0 Å². The molecule has 5 rings (SSSR count). The van der Waals surface area contributed by atoms with Gasteiger partial charge in [0.2, 0.25) is 11.8 Å². The van der Waals surface area contributed by atoms with Crippen molar-refractivity contribution < 1.29 is 14.0 Å². The van der Waals surface area contributed by atoms with Crippen molar-refractivity contribution in [1.29, 1.82) is 0 Å². The summed E-state index contributed by atoms with van der Waals surface area (Å²) in [5.41, 5.74) is 2.56. The highest BCUT2D eigenvalue weighted by atomic mass is 19.1. The number of benzene rings is 3. The van der Waals surface area contributed by atoms with Crippen LogP contribution in [-0.2, 0) is 16.0 Å². The minimum Gasteiger partial charge on any atom is -0.354 e. The van der Waals surface area contributed by atoms with Crippen molar-refractivity contribution in [2.75, 3.05) is 11.9 Å². The maximum absolute atomic E-state index is 13.4. The summed E-state index contributed by atoms with van der Waals surface area (Å²) >= 11 is 0. The summed E-state index contributed by atoms with van der Waals surface area (Å²) in [5.74, 6) is -1.21. The molecule has 2 aromatic heterocycles. The molecule has 0 saturated heterocycles. The number of para-hydroxylation sites is 1. The zero-order valence-corrected chi connectivity index (χ0v) is 19.5. The number of H-pyrrole nitrogens is 3. The Hall–Kier alpha value is -4.99. The van der Waals surface area contributed by atoms with E-state index in [1.807, 2.05) is 24.3 Å². The average Bonchev–Trinajstić information content (AvgIpc) is 3.27. The molecule has 0 saturated carbocycles. The van der Waals surface area contributed by atoms with Crippen LogP contribution < -0.4 is 21.8 Å². The van der Waals surface area contributed by atoms with E-state index in [9.17, 15) is 23.6 Å². The Balaban J connectivity index is 1.26. The zero-order valence-electron chi connectivity index (χ0n) is 19.5. The largest absolute Gasteiger partial charge is 0.354 e. The van der Waals surface area contributed by atoms with Crippen molar-refractivity contribution in [3.05, 3.63) is 98.8 Å². The van der Waals surface area contributed by atoms with Gasteiger partial charge in [0, 0.05) is 23.0 Å². The third kappa shape index (κ3) is 4.90. The van der Waals surface area contributed by atoms with Gasteiger partial charge in [-0.1, -0.05) is 24.3 Å². The number of aryl methyl sites for hydroxylation is 1. The fourth-order valence-corrected chi connectivity index (χ4v) is 4.36. The highest BCUT2D eigenvalue weighted by Gasteiger charge is 2.16. The average molecular weight is 500 g/mol. The third-order valence-corrected chi connectivity index (χ3v) is 6.09. The quantitative estimate of drug-likeness (QED) is 0.235. The molecule has 0 fully saturated rings.